The standard InChI is InChI=1S/2C16H22O4.2C12H9N3.2CHCl3.2Rh/c2*1-15(2,13(17)18)9-11-6-5-7-12(8-11)10-16(3,4)14(19)20;2*13-15-14-12-9-5-4-8-11(12)10-6-2-1-3-7-10;2*2-1(3)4;;/h2*5-8H,9-10H2,1-4H3,(H,17,18)(H,19,20);2*1-9H;2*1H;;/q;;;;;;2*+2/p-4. The molecule has 6 aromatic rings. The third-order valence-corrected chi connectivity index (χ3v) is 11.1. The van der Waals surface area contributed by atoms with Crippen molar-refractivity contribution < 1.29 is 78.6 Å². The Balaban J connectivity index is 0. The number of carboxylic acids is 4. The minimum Gasteiger partial charge on any atom is -0.550 e. The number of carboxylic acid groups (broad SMARTS) is 4. The van der Waals surface area contributed by atoms with Gasteiger partial charge in [-0.3, -0.25) is 0 Å². The maximum Gasteiger partial charge on any atom is 2.00 e. The van der Waals surface area contributed by atoms with Gasteiger partial charge in [0.25, 0.3) is 0 Å². The number of aliphatic carboxylic acids is 4. The second-order valence-electron chi connectivity index (χ2n) is 19.7. The summed E-state index contributed by atoms with van der Waals surface area (Å²) in [5.74, 6) is -4.40. The first-order valence-electron chi connectivity index (χ1n) is 23.6. The molecule has 0 atom stereocenters. The van der Waals surface area contributed by atoms with Gasteiger partial charge in [0.1, 0.15) is 0 Å². The Morgan fingerprint density at radius 2 is 0.613 bits per heavy atom. The maximum absolute atomic E-state index is 11.0. The van der Waals surface area contributed by atoms with Crippen LogP contribution >= 0.6 is 69.6 Å². The monoisotopic (exact) mass is 1380 g/mol. The molecule has 0 aromatic heterocycles. The molecule has 0 heterocycles. The third kappa shape index (κ3) is 30.4. The van der Waals surface area contributed by atoms with Gasteiger partial charge in [-0.2, -0.15) is 0 Å². The summed E-state index contributed by atoms with van der Waals surface area (Å²) < 4.78 is -1.50. The van der Waals surface area contributed by atoms with Gasteiger partial charge in [-0.25, -0.2) is 0 Å². The molecule has 0 spiro atoms. The number of halogens is 6. The van der Waals surface area contributed by atoms with Gasteiger partial charge >= 0.3 is 39.0 Å². The topological polar surface area (TPSA) is 245 Å². The zero-order chi connectivity index (χ0) is 59.3. The molecule has 14 nitrogen and oxygen atoms in total. The number of carbonyl (C=O) groups is 4. The van der Waals surface area contributed by atoms with E-state index in [0.717, 1.165) is 44.5 Å². The van der Waals surface area contributed by atoms with E-state index in [9.17, 15) is 39.6 Å². The van der Waals surface area contributed by atoms with Gasteiger partial charge in [0.05, 0.1) is 10.2 Å². The summed E-state index contributed by atoms with van der Waals surface area (Å²) in [5.41, 5.74) is 12.3. The average Bonchev–Trinajstić information content (AvgIpc) is 3.35. The normalized spacial score (nSPS) is 10.5. The van der Waals surface area contributed by atoms with Gasteiger partial charge in [-0.1, -0.05) is 283 Å². The summed E-state index contributed by atoms with van der Waals surface area (Å²) in [6, 6.07) is 49.4. The van der Waals surface area contributed by atoms with Gasteiger partial charge in [-0.15, -0.1) is 10.8 Å². The van der Waals surface area contributed by atoms with Crippen LogP contribution < -0.4 is 20.4 Å². The first-order valence-corrected chi connectivity index (χ1v) is 26.3. The summed E-state index contributed by atoms with van der Waals surface area (Å²) in [6.45, 7) is 12.9. The summed E-state index contributed by atoms with van der Waals surface area (Å²) in [6.07, 6.45) is 1.37. The van der Waals surface area contributed by atoms with Gasteiger partial charge in [0, 0.05) is 56.9 Å². The molecule has 6 rings (SSSR count). The van der Waals surface area contributed by atoms with Crippen molar-refractivity contribution in [1.29, 1.82) is 10.8 Å². The Bertz CT molecular complexity index is 2640. The third-order valence-electron chi connectivity index (χ3n) is 11.1. The Kier molecular flexibility index (Phi) is 36.8. The molecule has 430 valence electrons. The van der Waals surface area contributed by atoms with Crippen molar-refractivity contribution in [2.75, 3.05) is 0 Å². The fourth-order valence-electron chi connectivity index (χ4n) is 6.97. The van der Waals surface area contributed by atoms with Crippen LogP contribution in [0.4, 0.5) is 11.4 Å². The smallest absolute Gasteiger partial charge is 0.550 e. The molecule has 0 amide bonds. The van der Waals surface area contributed by atoms with E-state index in [1.165, 1.54) is 0 Å². The van der Waals surface area contributed by atoms with E-state index in [1.54, 1.807) is 67.5 Å². The van der Waals surface area contributed by atoms with Crippen LogP contribution in [0.2, 0.25) is 0 Å². The number of benzene rings is 6. The van der Waals surface area contributed by atoms with Gasteiger partial charge < -0.3 is 39.6 Å². The molecule has 0 saturated carbocycles. The van der Waals surface area contributed by atoms with Crippen LogP contribution in [0, 0.1) is 32.4 Å². The Labute approximate surface area is 524 Å². The van der Waals surface area contributed by atoms with Crippen molar-refractivity contribution >= 4 is 105 Å². The van der Waals surface area contributed by atoms with E-state index in [2.05, 4.69) is 21.0 Å². The summed E-state index contributed by atoms with van der Waals surface area (Å²) in [7, 11) is 0. The van der Waals surface area contributed by atoms with E-state index < -0.39 is 54.1 Å². The SMILES string of the molecule is CC(C)(Cc1cccc(CC(C)(C)C(=O)[O-])c1)C(=O)[O-].CC(C)(Cc1cccc(CC(C)(C)C(=O)[O-])c1)C(=O)[O-].ClC(Cl)Cl.ClC(Cl)Cl.N#[N+][N-]c1ccccc1-c1ccccc1.N#[N+][N-]c1ccccc1-c1ccccc1.[Rh+2].[Rh+2]. The van der Waals surface area contributed by atoms with Crippen LogP contribution in [0.15, 0.2) is 158 Å². The molecule has 0 aliphatic carbocycles. The van der Waals surface area contributed by atoms with Crippen LogP contribution in [0.1, 0.15) is 77.6 Å². The summed E-state index contributed by atoms with van der Waals surface area (Å²) in [4.78, 5) is 44.1. The van der Waals surface area contributed by atoms with Crippen molar-refractivity contribution in [2.45, 2.75) is 89.7 Å². The first-order chi connectivity index (χ1) is 36.4. The van der Waals surface area contributed by atoms with Crippen molar-refractivity contribution in [1.82, 2.24) is 0 Å². The molecule has 0 N–H and O–H groups in total. The zero-order valence-corrected chi connectivity index (χ0v) is 52.7. The largest absolute Gasteiger partial charge is 2.00 e. The van der Waals surface area contributed by atoms with Gasteiger partial charge in [0.2, 0.25) is 0 Å². The second kappa shape index (κ2) is 38.4. The Morgan fingerprint density at radius 1 is 0.400 bits per heavy atom. The molecule has 0 aliphatic heterocycles. The van der Waals surface area contributed by atoms with Crippen molar-refractivity contribution in [3.05, 3.63) is 201 Å². The average molecular weight is 1390 g/mol. The predicted octanol–water partition coefficient (Wildman–Crippen LogP) is 12.9. The van der Waals surface area contributed by atoms with E-state index in [4.69, 9.17) is 80.4 Å². The van der Waals surface area contributed by atoms with Crippen LogP contribution in [-0.4, -0.2) is 32.5 Å². The molecule has 6 aromatic carbocycles. The number of hydrogen-bond acceptors (Lipinski definition) is 10. The number of azide groups is 2. The summed E-state index contributed by atoms with van der Waals surface area (Å²) >= 11 is 28.8. The fourth-order valence-corrected chi connectivity index (χ4v) is 6.97. The molecule has 0 saturated heterocycles. The summed E-state index contributed by atoms with van der Waals surface area (Å²) in [5, 5.41) is 66.7. The van der Waals surface area contributed by atoms with Crippen molar-refractivity contribution in [2.24, 2.45) is 21.7 Å². The number of diazo groups is 2. The van der Waals surface area contributed by atoms with Crippen LogP contribution in [0.25, 0.3) is 43.3 Å². The predicted molar refractivity (Wildman–Crippen MR) is 306 cm³/mol. The van der Waals surface area contributed by atoms with Crippen molar-refractivity contribution in [3.8, 4) is 22.3 Å². The zero-order valence-electron chi connectivity index (χ0n) is 44.9. The first kappa shape index (κ1) is 76.7. The maximum atomic E-state index is 11.0. The molecule has 0 bridgehead atoms. The quantitative estimate of drug-likeness (QED) is 0.0384. The van der Waals surface area contributed by atoms with E-state index in [1.807, 2.05) is 146 Å². The molecule has 0 aliphatic rings. The molecular formula is C58H60Cl6N6O8Rh2. The molecule has 80 heavy (non-hydrogen) atoms. The van der Waals surface area contributed by atoms with Gasteiger partial charge in [-0.05, 0) is 81.0 Å². The van der Waals surface area contributed by atoms with E-state index >= 15 is 0 Å². The minimum absolute atomic E-state index is 0. The molecule has 22 heteroatoms. The number of rotatable bonds is 16. The Morgan fingerprint density at radius 3 is 0.825 bits per heavy atom. The fraction of sp³-hybridized carbons (Fsp3) is 0.310. The molecular weight excluding hydrogens is 1330 g/mol. The Hall–Kier alpha value is -5.37. The number of alkyl halides is 6. The number of carbonyl (C=O) groups excluding carboxylic acids is 4. The number of hydrogen-bond donors (Lipinski definition) is 0. The van der Waals surface area contributed by atoms with Gasteiger partial charge in [0.15, 0.2) is 8.59 Å². The van der Waals surface area contributed by atoms with E-state index in [0.29, 0.717) is 37.1 Å². The second-order valence-corrected chi connectivity index (χ2v) is 23.6. The van der Waals surface area contributed by atoms with Crippen LogP contribution in [0.5, 0.6) is 0 Å². The molecule has 2 radical (unpaired) electrons. The van der Waals surface area contributed by atoms with Crippen molar-refractivity contribution in [3.63, 3.8) is 0 Å². The molecule has 0 unspecified atom stereocenters. The molecule has 0 fully saturated rings. The number of nitrogens with zero attached hydrogens (tertiary/aromatic N) is 6. The van der Waals surface area contributed by atoms with E-state index in [-0.39, 0.29) is 39.0 Å². The minimum atomic E-state index is -1.10. The van der Waals surface area contributed by atoms with Crippen LogP contribution in [-0.2, 0) is 83.8 Å². The van der Waals surface area contributed by atoms with Crippen LogP contribution in [0.3, 0.4) is 0 Å².